The van der Waals surface area contributed by atoms with Gasteiger partial charge in [0.1, 0.15) is 5.78 Å². The molecular weight excluding hydrogens is 234 g/mol. The van der Waals surface area contributed by atoms with E-state index in [9.17, 15) is 4.79 Å². The lowest BCUT2D eigenvalue weighted by Crippen LogP contribution is -2.46. The van der Waals surface area contributed by atoms with Gasteiger partial charge in [-0.25, -0.2) is 0 Å². The smallest absolute Gasteiger partial charge is 0.149 e. The molecule has 0 spiro atoms. The highest BCUT2D eigenvalue weighted by Gasteiger charge is 2.27. The fourth-order valence-corrected chi connectivity index (χ4v) is 2.23. The van der Waals surface area contributed by atoms with Gasteiger partial charge in [0.25, 0.3) is 0 Å². The van der Waals surface area contributed by atoms with Gasteiger partial charge in [-0.3, -0.25) is 4.79 Å². The summed E-state index contributed by atoms with van der Waals surface area (Å²) in [6.45, 7) is 7.81. The summed E-state index contributed by atoms with van der Waals surface area (Å²) >= 11 is 0. The summed E-state index contributed by atoms with van der Waals surface area (Å²) in [5.74, 6) is 0.190. The number of ketones is 1. The van der Waals surface area contributed by atoms with Crippen LogP contribution in [0.25, 0.3) is 5.57 Å². The van der Waals surface area contributed by atoms with Gasteiger partial charge < -0.3 is 5.32 Å². The van der Waals surface area contributed by atoms with Crippen LogP contribution in [0, 0.1) is 6.92 Å². The monoisotopic (exact) mass is 259 g/mol. The van der Waals surface area contributed by atoms with Crippen LogP contribution in [-0.4, -0.2) is 18.4 Å². The first kappa shape index (κ1) is 15.6. The molecule has 1 aromatic carbocycles. The molecule has 2 heteroatoms. The largest absolute Gasteiger partial charge is 0.308 e. The lowest BCUT2D eigenvalue weighted by Gasteiger charge is -2.27. The van der Waals surface area contributed by atoms with Crippen molar-refractivity contribution in [1.82, 2.24) is 5.32 Å². The summed E-state index contributed by atoms with van der Waals surface area (Å²) in [6.07, 6.45) is 3.86. The molecule has 1 rings (SSSR count). The molecule has 0 aliphatic rings. The summed E-state index contributed by atoms with van der Waals surface area (Å²) in [4.78, 5) is 11.7. The fourth-order valence-electron chi connectivity index (χ4n) is 2.23. The highest BCUT2D eigenvalue weighted by Crippen LogP contribution is 2.26. The van der Waals surface area contributed by atoms with Gasteiger partial charge in [0, 0.05) is 0 Å². The molecule has 0 heterocycles. The van der Waals surface area contributed by atoms with Crippen LogP contribution in [0.4, 0.5) is 0 Å². The van der Waals surface area contributed by atoms with Gasteiger partial charge in [-0.2, -0.15) is 0 Å². The van der Waals surface area contributed by atoms with Crippen LogP contribution >= 0.6 is 0 Å². The van der Waals surface area contributed by atoms with Crippen LogP contribution in [0.15, 0.2) is 30.3 Å². The van der Waals surface area contributed by atoms with Crippen LogP contribution in [0.2, 0.25) is 0 Å². The molecule has 0 saturated carbocycles. The summed E-state index contributed by atoms with van der Waals surface area (Å²) in [7, 11) is 1.85. The zero-order valence-electron chi connectivity index (χ0n) is 12.7. The molecule has 0 radical (unpaired) electrons. The van der Waals surface area contributed by atoms with E-state index in [0.717, 1.165) is 12.8 Å². The van der Waals surface area contributed by atoms with E-state index in [-0.39, 0.29) is 5.78 Å². The van der Waals surface area contributed by atoms with Crippen molar-refractivity contribution in [2.24, 2.45) is 0 Å². The van der Waals surface area contributed by atoms with E-state index in [1.807, 2.05) is 14.0 Å². The Bertz CT molecular complexity index is 476. The number of nitrogens with one attached hydrogen (secondary N) is 1. The second kappa shape index (κ2) is 6.67. The number of benzene rings is 1. The molecule has 0 aromatic heterocycles. The maximum absolute atomic E-state index is 11.7. The van der Waals surface area contributed by atoms with Gasteiger partial charge in [0.15, 0.2) is 0 Å². The highest BCUT2D eigenvalue weighted by atomic mass is 16.1. The average Bonchev–Trinajstić information content (AvgIpc) is 2.40. The molecule has 2 nitrogen and oxygen atoms in total. The Hall–Kier alpha value is -1.41. The van der Waals surface area contributed by atoms with Crippen molar-refractivity contribution in [1.29, 1.82) is 0 Å². The van der Waals surface area contributed by atoms with Gasteiger partial charge in [-0.1, -0.05) is 30.3 Å². The van der Waals surface area contributed by atoms with Crippen molar-refractivity contribution in [2.45, 2.75) is 46.1 Å². The molecule has 104 valence electrons. The lowest BCUT2D eigenvalue weighted by molar-refractivity contribution is -0.122. The number of carbonyl (C=O) groups is 1. The molecule has 1 atom stereocenters. The molecule has 19 heavy (non-hydrogen) atoms. The van der Waals surface area contributed by atoms with E-state index in [1.165, 1.54) is 16.7 Å². The SMILES string of the molecule is C/C=C(/CCC(C)(NC)C(C)=O)c1ccccc1C. The van der Waals surface area contributed by atoms with Gasteiger partial charge >= 0.3 is 0 Å². The predicted molar refractivity (Wildman–Crippen MR) is 82.2 cm³/mol. The van der Waals surface area contributed by atoms with Gasteiger partial charge in [-0.15, -0.1) is 0 Å². The van der Waals surface area contributed by atoms with Crippen LogP contribution in [0.5, 0.6) is 0 Å². The minimum absolute atomic E-state index is 0.190. The first-order valence-corrected chi connectivity index (χ1v) is 6.85. The number of aryl methyl sites for hydroxylation is 1. The van der Waals surface area contributed by atoms with Crippen LogP contribution in [0.1, 0.15) is 44.7 Å². The quantitative estimate of drug-likeness (QED) is 0.843. The lowest BCUT2D eigenvalue weighted by atomic mass is 9.87. The van der Waals surface area contributed by atoms with Crippen molar-refractivity contribution in [3.8, 4) is 0 Å². The molecule has 1 aromatic rings. The Kier molecular flexibility index (Phi) is 5.49. The third-order valence-corrected chi connectivity index (χ3v) is 4.06. The Morgan fingerprint density at radius 2 is 2.00 bits per heavy atom. The summed E-state index contributed by atoms with van der Waals surface area (Å²) in [5.41, 5.74) is 3.44. The van der Waals surface area contributed by atoms with E-state index in [4.69, 9.17) is 0 Å². The standard InChI is InChI=1S/C17H25NO/c1-6-15(16-10-8-7-9-13(16)2)11-12-17(4,18-5)14(3)19/h6-10,18H,11-12H2,1-5H3/b15-6-. The van der Waals surface area contributed by atoms with Crippen molar-refractivity contribution in [3.63, 3.8) is 0 Å². The van der Waals surface area contributed by atoms with Gasteiger partial charge in [0.2, 0.25) is 0 Å². The Morgan fingerprint density at radius 3 is 2.47 bits per heavy atom. The molecular formula is C17H25NO. The zero-order valence-corrected chi connectivity index (χ0v) is 12.7. The molecule has 0 amide bonds. The normalized spacial score (nSPS) is 15.1. The number of hydrogen-bond donors (Lipinski definition) is 1. The second-order valence-electron chi connectivity index (χ2n) is 5.27. The third-order valence-electron chi connectivity index (χ3n) is 4.06. The predicted octanol–water partition coefficient (Wildman–Crippen LogP) is 3.75. The van der Waals surface area contributed by atoms with Gasteiger partial charge in [-0.05, 0) is 64.3 Å². The highest BCUT2D eigenvalue weighted by molar-refractivity contribution is 5.86. The van der Waals surface area contributed by atoms with Crippen molar-refractivity contribution >= 4 is 11.4 Å². The van der Waals surface area contributed by atoms with Crippen molar-refractivity contribution in [3.05, 3.63) is 41.5 Å². The first-order chi connectivity index (χ1) is 8.94. The molecule has 0 fully saturated rings. The van der Waals surface area contributed by atoms with E-state index in [2.05, 4.69) is 49.5 Å². The third kappa shape index (κ3) is 3.77. The Morgan fingerprint density at radius 1 is 1.37 bits per heavy atom. The van der Waals surface area contributed by atoms with Crippen LogP contribution < -0.4 is 5.32 Å². The molecule has 0 bridgehead atoms. The molecule has 0 saturated heterocycles. The van der Waals surface area contributed by atoms with E-state index >= 15 is 0 Å². The number of carbonyl (C=O) groups excluding carboxylic acids is 1. The van der Waals surface area contributed by atoms with Crippen molar-refractivity contribution < 1.29 is 4.79 Å². The fraction of sp³-hybridized carbons (Fsp3) is 0.471. The number of rotatable bonds is 6. The van der Waals surface area contributed by atoms with Crippen LogP contribution in [-0.2, 0) is 4.79 Å². The van der Waals surface area contributed by atoms with Crippen molar-refractivity contribution in [2.75, 3.05) is 7.05 Å². The summed E-state index contributed by atoms with van der Waals surface area (Å²) in [5, 5.41) is 3.15. The summed E-state index contributed by atoms with van der Waals surface area (Å²) < 4.78 is 0. The number of hydrogen-bond acceptors (Lipinski definition) is 2. The number of likely N-dealkylation sites (N-methyl/N-ethyl adjacent to an activating group) is 1. The molecule has 1 N–H and O–H groups in total. The molecule has 1 unspecified atom stereocenters. The maximum atomic E-state index is 11.7. The van der Waals surface area contributed by atoms with Crippen LogP contribution in [0.3, 0.4) is 0 Å². The van der Waals surface area contributed by atoms with Gasteiger partial charge in [0.05, 0.1) is 5.54 Å². The Labute approximate surface area is 116 Å². The first-order valence-electron chi connectivity index (χ1n) is 6.85. The zero-order chi connectivity index (χ0) is 14.5. The number of Topliss-reactive ketones (excluding diaryl/α,β-unsaturated/α-hetero) is 1. The topological polar surface area (TPSA) is 29.1 Å². The van der Waals surface area contributed by atoms with E-state index in [0.29, 0.717) is 0 Å². The number of allylic oxidation sites excluding steroid dienone is 2. The maximum Gasteiger partial charge on any atom is 0.149 e. The second-order valence-corrected chi connectivity index (χ2v) is 5.27. The minimum Gasteiger partial charge on any atom is -0.308 e. The average molecular weight is 259 g/mol. The minimum atomic E-state index is -0.434. The molecule has 0 aliphatic heterocycles. The Balaban J connectivity index is 2.86. The molecule has 0 aliphatic carbocycles. The van der Waals surface area contributed by atoms with E-state index < -0.39 is 5.54 Å². The summed E-state index contributed by atoms with van der Waals surface area (Å²) in [6, 6.07) is 8.39. The van der Waals surface area contributed by atoms with E-state index in [1.54, 1.807) is 6.92 Å².